The summed E-state index contributed by atoms with van der Waals surface area (Å²) >= 11 is 0. The highest BCUT2D eigenvalue weighted by Crippen LogP contribution is 2.26. The van der Waals surface area contributed by atoms with E-state index in [1.807, 2.05) is 97.1 Å². The van der Waals surface area contributed by atoms with Crippen LogP contribution in [0.25, 0.3) is 12.2 Å². The van der Waals surface area contributed by atoms with Crippen molar-refractivity contribution < 1.29 is 43.3 Å². The van der Waals surface area contributed by atoms with E-state index in [4.69, 9.17) is 14.2 Å². The molecule has 0 unspecified atom stereocenters. The maximum absolute atomic E-state index is 13.6. The number of hydrogen-bond acceptors (Lipinski definition) is 9. The van der Waals surface area contributed by atoms with Gasteiger partial charge in [-0.05, 0) is 59.4 Å². The predicted octanol–water partition coefficient (Wildman–Crippen LogP) is 6.95. The third-order valence-electron chi connectivity index (χ3n) is 10.8. The second kappa shape index (κ2) is 19.9. The van der Waals surface area contributed by atoms with Crippen molar-refractivity contribution in [2.24, 2.45) is 0 Å². The van der Waals surface area contributed by atoms with Crippen LogP contribution in [0.5, 0.6) is 0 Å². The molecular formula is C46H49N5O9. The zero-order valence-corrected chi connectivity index (χ0v) is 33.1. The molecule has 3 fully saturated rings. The van der Waals surface area contributed by atoms with E-state index in [-0.39, 0.29) is 45.2 Å². The molecule has 2 aliphatic heterocycles. The van der Waals surface area contributed by atoms with E-state index in [9.17, 15) is 29.1 Å². The zero-order valence-electron chi connectivity index (χ0n) is 33.1. The number of alkyl carbamates (subject to hydrolysis) is 1. The summed E-state index contributed by atoms with van der Waals surface area (Å²) < 4.78 is 16.6. The Kier molecular flexibility index (Phi) is 13.7. The first-order chi connectivity index (χ1) is 29.2. The van der Waals surface area contributed by atoms with Crippen LogP contribution in [0, 0.1) is 0 Å². The van der Waals surface area contributed by atoms with Gasteiger partial charge in [0.2, 0.25) is 11.8 Å². The highest BCUT2D eigenvalue weighted by Gasteiger charge is 2.43. The van der Waals surface area contributed by atoms with Gasteiger partial charge in [0.15, 0.2) is 0 Å². The molecule has 1 aliphatic carbocycles. The van der Waals surface area contributed by atoms with Gasteiger partial charge in [0.05, 0.1) is 19.2 Å². The van der Waals surface area contributed by atoms with Gasteiger partial charge in [0, 0.05) is 30.3 Å². The smallest absolute Gasteiger partial charge is 0.410 e. The lowest BCUT2D eigenvalue weighted by atomic mass is 10.1. The molecule has 14 heteroatoms. The van der Waals surface area contributed by atoms with Crippen LogP contribution in [0.3, 0.4) is 0 Å². The fourth-order valence-corrected chi connectivity index (χ4v) is 7.62. The van der Waals surface area contributed by atoms with E-state index in [1.165, 1.54) is 9.80 Å². The van der Waals surface area contributed by atoms with Gasteiger partial charge in [0.25, 0.3) is 0 Å². The summed E-state index contributed by atoms with van der Waals surface area (Å²) in [7, 11) is 0. The summed E-state index contributed by atoms with van der Waals surface area (Å²) in [5.41, 5.74) is 4.40. The molecule has 0 bridgehead atoms. The number of carbonyl (C=O) groups excluding carboxylic acids is 5. The van der Waals surface area contributed by atoms with Gasteiger partial charge in [-0.25, -0.2) is 14.4 Å². The van der Waals surface area contributed by atoms with Crippen LogP contribution in [0.15, 0.2) is 109 Å². The van der Waals surface area contributed by atoms with Crippen LogP contribution in [-0.4, -0.2) is 88.4 Å². The van der Waals surface area contributed by atoms with E-state index in [1.54, 1.807) is 24.3 Å². The molecule has 0 radical (unpaired) electrons. The number of benzene rings is 4. The number of nitrogens with zero attached hydrogens (tertiary/aromatic N) is 2. The molecule has 2 saturated heterocycles. The number of aliphatic hydroxyl groups excluding tert-OH is 1. The van der Waals surface area contributed by atoms with Gasteiger partial charge < -0.3 is 35.3 Å². The van der Waals surface area contributed by atoms with E-state index in [2.05, 4.69) is 16.0 Å². The molecule has 3 aliphatic rings. The van der Waals surface area contributed by atoms with Crippen molar-refractivity contribution in [2.75, 3.05) is 23.7 Å². The van der Waals surface area contributed by atoms with Crippen molar-refractivity contribution >= 4 is 53.6 Å². The first kappa shape index (κ1) is 41.5. The summed E-state index contributed by atoms with van der Waals surface area (Å²) in [5.74, 6) is -0.846. The minimum Gasteiger partial charge on any atom is -0.445 e. The topological polar surface area (TPSA) is 176 Å². The van der Waals surface area contributed by atoms with Crippen LogP contribution in [-0.2, 0) is 37.0 Å². The largest absolute Gasteiger partial charge is 0.445 e. The van der Waals surface area contributed by atoms with Gasteiger partial charge in [-0.15, -0.1) is 0 Å². The Hall–Kier alpha value is -6.67. The summed E-state index contributed by atoms with van der Waals surface area (Å²) in [6.07, 6.45) is 4.53. The molecule has 312 valence electrons. The number of β-amino-alcohol motifs (C(OH)–C–C–N with tert-alkyl or cyclic N) is 1. The Balaban J connectivity index is 0.911. The summed E-state index contributed by atoms with van der Waals surface area (Å²) in [4.78, 5) is 68.1. The number of hydrogen-bond donors (Lipinski definition) is 4. The fraction of sp³-hybridized carbons (Fsp3) is 0.326. The summed E-state index contributed by atoms with van der Waals surface area (Å²) in [6.45, 7) is 0.126. The van der Waals surface area contributed by atoms with Crippen LogP contribution < -0.4 is 16.0 Å². The first-order valence-electron chi connectivity index (χ1n) is 20.3. The maximum Gasteiger partial charge on any atom is 0.410 e. The van der Waals surface area contributed by atoms with Crippen molar-refractivity contribution in [3.63, 3.8) is 0 Å². The highest BCUT2D eigenvalue weighted by molar-refractivity contribution is 5.98. The second-order valence-electron chi connectivity index (χ2n) is 15.3. The normalized spacial score (nSPS) is 20.1. The monoisotopic (exact) mass is 815 g/mol. The van der Waals surface area contributed by atoms with E-state index < -0.39 is 54.4 Å². The lowest BCUT2D eigenvalue weighted by Gasteiger charge is -2.23. The van der Waals surface area contributed by atoms with Gasteiger partial charge in [0.1, 0.15) is 31.4 Å². The standard InChI is InChI=1S/C46H49N5O9/c52-38-25-40(50(27-38)45(56)58-29-33-9-3-1-4-10-33)42(53)47-36-21-17-31(18-22-36)15-16-32-19-23-37(24-20-32)48-43(54)41-26-39(60-44(55)49-35-13-7-8-14-35)28-51(41)46(57)59-30-34-11-5-2-6-12-34/h1-6,9-12,15-24,35,38-41,52H,7-8,13-14,25-30H2,(H,47,53)(H,48,54)(H,49,55)/t38-,39-,40+,41+/m1/s1. The molecule has 5 amide bonds. The van der Waals surface area contributed by atoms with Gasteiger partial charge in [-0.1, -0.05) is 110 Å². The Morgan fingerprint density at radius 2 is 1.08 bits per heavy atom. The van der Waals surface area contributed by atoms with Gasteiger partial charge >= 0.3 is 18.3 Å². The lowest BCUT2D eigenvalue weighted by Crippen LogP contribution is -2.43. The molecule has 14 nitrogen and oxygen atoms in total. The Morgan fingerprint density at radius 1 is 0.617 bits per heavy atom. The van der Waals surface area contributed by atoms with Crippen molar-refractivity contribution in [1.82, 2.24) is 15.1 Å². The third-order valence-corrected chi connectivity index (χ3v) is 10.8. The molecule has 2 heterocycles. The first-order valence-corrected chi connectivity index (χ1v) is 20.3. The molecule has 1 saturated carbocycles. The molecule has 4 aromatic rings. The van der Waals surface area contributed by atoms with E-state index in [0.717, 1.165) is 47.9 Å². The second-order valence-corrected chi connectivity index (χ2v) is 15.3. The summed E-state index contributed by atoms with van der Waals surface area (Å²) in [5, 5.41) is 18.9. The number of rotatable bonds is 12. The minimum atomic E-state index is -0.921. The number of likely N-dealkylation sites (tertiary alicyclic amines) is 2. The van der Waals surface area contributed by atoms with Crippen molar-refractivity contribution in [2.45, 2.75) is 82.1 Å². The zero-order chi connectivity index (χ0) is 41.8. The predicted molar refractivity (Wildman–Crippen MR) is 224 cm³/mol. The average molecular weight is 816 g/mol. The third kappa shape index (κ3) is 11.3. The number of aliphatic hydroxyl groups is 1. The molecule has 60 heavy (non-hydrogen) atoms. The number of ether oxygens (including phenoxy) is 3. The quantitative estimate of drug-likeness (QED) is 0.0871. The number of anilines is 2. The Morgan fingerprint density at radius 3 is 1.58 bits per heavy atom. The maximum atomic E-state index is 13.6. The molecule has 4 aromatic carbocycles. The number of nitrogens with one attached hydrogen (secondary N) is 3. The van der Waals surface area contributed by atoms with E-state index >= 15 is 0 Å². The SMILES string of the molecule is O=C(NC1CCCC1)O[C@@H]1C[C@@H](C(=O)Nc2ccc(C=Cc3ccc(NC(=O)[C@@H]4C[C@@H](O)CN4C(=O)OCc4ccccc4)cc3)cc2)N(C(=O)OCc2ccccc2)C1. The van der Waals surface area contributed by atoms with Crippen LogP contribution in [0.1, 0.15) is 60.8 Å². The van der Waals surface area contributed by atoms with Gasteiger partial charge in [-0.2, -0.15) is 0 Å². The average Bonchev–Trinajstić information content (AvgIpc) is 4.04. The van der Waals surface area contributed by atoms with Crippen molar-refractivity contribution in [1.29, 1.82) is 0 Å². The molecular weight excluding hydrogens is 767 g/mol. The lowest BCUT2D eigenvalue weighted by molar-refractivity contribution is -0.120. The van der Waals surface area contributed by atoms with Crippen LogP contribution in [0.4, 0.5) is 25.8 Å². The minimum absolute atomic E-state index is 0.00529. The van der Waals surface area contributed by atoms with Gasteiger partial charge in [-0.3, -0.25) is 19.4 Å². The van der Waals surface area contributed by atoms with E-state index in [0.29, 0.717) is 11.4 Å². The molecule has 7 rings (SSSR count). The summed E-state index contributed by atoms with van der Waals surface area (Å²) in [6, 6.07) is 31.1. The molecule has 0 aromatic heterocycles. The number of amides is 5. The Labute approximate surface area is 348 Å². The fourth-order valence-electron chi connectivity index (χ4n) is 7.62. The van der Waals surface area contributed by atoms with Crippen molar-refractivity contribution in [3.05, 3.63) is 131 Å². The Bertz CT molecular complexity index is 2130. The van der Waals surface area contributed by atoms with Crippen molar-refractivity contribution in [3.8, 4) is 0 Å². The van der Waals surface area contributed by atoms with Crippen LogP contribution >= 0.6 is 0 Å². The molecule has 4 N–H and O–H groups in total. The van der Waals surface area contributed by atoms with Crippen LogP contribution in [0.2, 0.25) is 0 Å². The molecule has 0 spiro atoms. The highest BCUT2D eigenvalue weighted by atomic mass is 16.6. The number of carbonyl (C=O) groups is 5. The molecule has 4 atom stereocenters.